The number of amides is 1. The van der Waals surface area contributed by atoms with Crippen molar-refractivity contribution >= 4 is 23.2 Å². The van der Waals surface area contributed by atoms with Gasteiger partial charge in [-0.15, -0.1) is 0 Å². The fourth-order valence-electron chi connectivity index (χ4n) is 0.783. The average Bonchev–Trinajstić information content (AvgIpc) is 1.96. The number of benzene rings is 1. The summed E-state index contributed by atoms with van der Waals surface area (Å²) in [4.78, 5) is 10.6. The van der Waals surface area contributed by atoms with E-state index in [4.69, 9.17) is 11.6 Å². The molecule has 0 aliphatic heterocycles. The van der Waals surface area contributed by atoms with Crippen LogP contribution in [0.1, 0.15) is 6.92 Å². The number of hydrogen-bond acceptors (Lipinski definition) is 1. The lowest BCUT2D eigenvalue weighted by Gasteiger charge is -2.02. The number of rotatable bonds is 1. The van der Waals surface area contributed by atoms with Crippen molar-refractivity contribution in [2.24, 2.45) is 0 Å². The highest BCUT2D eigenvalue weighted by atomic mass is 35.5. The van der Waals surface area contributed by atoms with E-state index in [2.05, 4.69) is 5.32 Å². The molecule has 0 aliphatic carbocycles. The molecule has 1 aromatic carbocycles. The number of carbonyl (C=O) groups is 1. The van der Waals surface area contributed by atoms with Crippen LogP contribution in [0.5, 0.6) is 0 Å². The van der Waals surface area contributed by atoms with Gasteiger partial charge in [0.25, 0.3) is 0 Å². The third-order valence-corrected chi connectivity index (χ3v) is 1.47. The van der Waals surface area contributed by atoms with Crippen molar-refractivity contribution in [1.29, 1.82) is 0 Å². The minimum atomic E-state index is -0.491. The maximum atomic E-state index is 12.9. The van der Waals surface area contributed by atoms with Crippen LogP contribution in [0.3, 0.4) is 0 Å². The number of halogens is 2. The van der Waals surface area contributed by atoms with E-state index >= 15 is 0 Å². The highest BCUT2D eigenvalue weighted by Crippen LogP contribution is 2.19. The molecule has 1 amide bonds. The molecule has 0 saturated carbocycles. The van der Waals surface area contributed by atoms with Gasteiger partial charge in [-0.1, -0.05) is 11.6 Å². The molecule has 1 N–H and O–H groups in total. The Kier molecular flexibility index (Phi) is 2.65. The van der Waals surface area contributed by atoms with Crippen molar-refractivity contribution in [1.82, 2.24) is 0 Å². The van der Waals surface area contributed by atoms with Gasteiger partial charge in [-0.25, -0.2) is 4.39 Å². The van der Waals surface area contributed by atoms with Crippen molar-refractivity contribution in [2.45, 2.75) is 6.92 Å². The van der Waals surface area contributed by atoms with E-state index in [-0.39, 0.29) is 11.6 Å². The lowest BCUT2D eigenvalue weighted by atomic mass is 10.3. The molecule has 0 heterocycles. The van der Waals surface area contributed by atoms with Gasteiger partial charge in [0.15, 0.2) is 0 Å². The number of carbonyl (C=O) groups excluding carboxylic acids is 1. The zero-order valence-corrected chi connectivity index (χ0v) is 7.15. The molecule has 2 nitrogen and oxygen atoms in total. The standard InChI is InChI=1S/C8H7ClFNO/c1-5(12)11-8-4-6(9)2-3-7(8)10/h2-4H,1H3,(H,11,12). The van der Waals surface area contributed by atoms with Gasteiger partial charge in [-0.2, -0.15) is 0 Å². The van der Waals surface area contributed by atoms with Gasteiger partial charge in [-0.05, 0) is 18.2 Å². The quantitative estimate of drug-likeness (QED) is 0.719. The summed E-state index contributed by atoms with van der Waals surface area (Å²) in [7, 11) is 0. The van der Waals surface area contributed by atoms with Crippen LogP contribution in [0.15, 0.2) is 18.2 Å². The van der Waals surface area contributed by atoms with Crippen LogP contribution in [-0.2, 0) is 4.79 Å². The molecule has 12 heavy (non-hydrogen) atoms. The van der Waals surface area contributed by atoms with E-state index in [1.165, 1.54) is 25.1 Å². The lowest BCUT2D eigenvalue weighted by Crippen LogP contribution is -2.07. The van der Waals surface area contributed by atoms with Crippen molar-refractivity contribution < 1.29 is 9.18 Å². The first-order valence-electron chi connectivity index (χ1n) is 3.32. The van der Waals surface area contributed by atoms with Crippen LogP contribution in [0.4, 0.5) is 10.1 Å². The molecular formula is C8H7ClFNO. The molecule has 1 aromatic rings. The van der Waals surface area contributed by atoms with Crippen LogP contribution in [0.25, 0.3) is 0 Å². The van der Waals surface area contributed by atoms with Crippen molar-refractivity contribution in [3.8, 4) is 0 Å². The maximum absolute atomic E-state index is 12.9. The van der Waals surface area contributed by atoms with Gasteiger partial charge in [0.1, 0.15) is 5.82 Å². The van der Waals surface area contributed by atoms with Crippen molar-refractivity contribution in [2.75, 3.05) is 5.32 Å². The highest BCUT2D eigenvalue weighted by Gasteiger charge is 2.03. The third-order valence-electron chi connectivity index (χ3n) is 1.24. The van der Waals surface area contributed by atoms with E-state index in [1.54, 1.807) is 0 Å². The van der Waals surface area contributed by atoms with Gasteiger partial charge in [0, 0.05) is 11.9 Å². The normalized spacial score (nSPS) is 9.58. The van der Waals surface area contributed by atoms with Gasteiger partial charge in [-0.3, -0.25) is 4.79 Å². The average molecular weight is 188 g/mol. The Bertz CT molecular complexity index is 314. The second-order valence-corrected chi connectivity index (χ2v) is 2.74. The maximum Gasteiger partial charge on any atom is 0.221 e. The van der Waals surface area contributed by atoms with E-state index in [1.807, 2.05) is 0 Å². The Morgan fingerprint density at radius 2 is 2.25 bits per heavy atom. The minimum Gasteiger partial charge on any atom is -0.324 e. The molecule has 0 aliphatic rings. The highest BCUT2D eigenvalue weighted by molar-refractivity contribution is 6.30. The first-order valence-corrected chi connectivity index (χ1v) is 3.70. The smallest absolute Gasteiger partial charge is 0.221 e. The second-order valence-electron chi connectivity index (χ2n) is 2.31. The molecule has 0 radical (unpaired) electrons. The Hall–Kier alpha value is -1.09. The molecule has 0 unspecified atom stereocenters. The molecule has 4 heteroatoms. The Labute approximate surface area is 74.3 Å². The molecule has 0 atom stereocenters. The van der Waals surface area contributed by atoms with Crippen LogP contribution in [0, 0.1) is 5.82 Å². The van der Waals surface area contributed by atoms with Crippen LogP contribution < -0.4 is 5.32 Å². The molecule has 1 rings (SSSR count). The van der Waals surface area contributed by atoms with E-state index in [0.29, 0.717) is 5.02 Å². The molecule has 0 aromatic heterocycles. The fourth-order valence-corrected chi connectivity index (χ4v) is 0.955. The zero-order valence-electron chi connectivity index (χ0n) is 6.40. The number of nitrogens with one attached hydrogen (secondary N) is 1. The summed E-state index contributed by atoms with van der Waals surface area (Å²) in [5.41, 5.74) is 0.106. The number of anilines is 1. The van der Waals surface area contributed by atoms with Crippen LogP contribution in [0.2, 0.25) is 5.02 Å². The van der Waals surface area contributed by atoms with E-state index in [0.717, 1.165) is 0 Å². The fraction of sp³-hybridized carbons (Fsp3) is 0.125. The van der Waals surface area contributed by atoms with Crippen molar-refractivity contribution in [3.63, 3.8) is 0 Å². The summed E-state index contributed by atoms with van der Waals surface area (Å²) in [6, 6.07) is 3.98. The summed E-state index contributed by atoms with van der Waals surface area (Å²) in [6.07, 6.45) is 0. The summed E-state index contributed by atoms with van der Waals surface area (Å²) in [5.74, 6) is -0.814. The SMILES string of the molecule is CC(=O)Nc1cc(Cl)ccc1F. The van der Waals surface area contributed by atoms with Crippen LogP contribution >= 0.6 is 11.6 Å². The molecule has 0 saturated heterocycles. The topological polar surface area (TPSA) is 29.1 Å². The second kappa shape index (κ2) is 3.54. The van der Waals surface area contributed by atoms with Crippen molar-refractivity contribution in [3.05, 3.63) is 29.0 Å². The lowest BCUT2D eigenvalue weighted by molar-refractivity contribution is -0.114. The van der Waals surface area contributed by atoms with Gasteiger partial charge < -0.3 is 5.32 Å². The summed E-state index contributed by atoms with van der Waals surface area (Å²) in [5, 5.41) is 2.70. The Morgan fingerprint density at radius 3 is 2.83 bits per heavy atom. The van der Waals surface area contributed by atoms with Gasteiger partial charge >= 0.3 is 0 Å². The van der Waals surface area contributed by atoms with Crippen LogP contribution in [-0.4, -0.2) is 5.91 Å². The first kappa shape index (κ1) is 9.00. The summed E-state index contributed by atoms with van der Waals surface area (Å²) in [6.45, 7) is 1.31. The predicted molar refractivity (Wildman–Crippen MR) is 45.7 cm³/mol. The third kappa shape index (κ3) is 2.20. The van der Waals surface area contributed by atoms with E-state index < -0.39 is 5.82 Å². The van der Waals surface area contributed by atoms with Gasteiger partial charge in [0.05, 0.1) is 5.69 Å². The Morgan fingerprint density at radius 1 is 1.58 bits per heavy atom. The minimum absolute atomic E-state index is 0.106. The first-order chi connectivity index (χ1) is 5.59. The molecule has 0 fully saturated rings. The zero-order chi connectivity index (χ0) is 9.14. The monoisotopic (exact) mass is 187 g/mol. The van der Waals surface area contributed by atoms with Gasteiger partial charge in [0.2, 0.25) is 5.91 Å². The largest absolute Gasteiger partial charge is 0.324 e. The summed E-state index contributed by atoms with van der Waals surface area (Å²) >= 11 is 5.58. The molecule has 0 bridgehead atoms. The molecular weight excluding hydrogens is 181 g/mol. The summed E-state index contributed by atoms with van der Waals surface area (Å²) < 4.78 is 12.9. The predicted octanol–water partition coefficient (Wildman–Crippen LogP) is 2.44. The molecule has 0 spiro atoms. The molecule has 64 valence electrons. The van der Waals surface area contributed by atoms with E-state index in [9.17, 15) is 9.18 Å². The number of hydrogen-bond donors (Lipinski definition) is 1. The Balaban J connectivity index is 2.97.